The molecule has 17 heavy (non-hydrogen) atoms. The SMILES string of the molecule is CCC1CN(c2cccc(Cl)c2CN)CCS1. The smallest absolute Gasteiger partial charge is 0.0471 e. The molecule has 1 aliphatic rings. The van der Waals surface area contributed by atoms with Crippen LogP contribution in [0.25, 0.3) is 0 Å². The second kappa shape index (κ2) is 5.98. The first-order valence-corrected chi connectivity index (χ1v) is 7.53. The van der Waals surface area contributed by atoms with E-state index in [9.17, 15) is 0 Å². The van der Waals surface area contributed by atoms with Crippen molar-refractivity contribution in [3.05, 3.63) is 28.8 Å². The zero-order valence-electron chi connectivity index (χ0n) is 10.2. The first-order chi connectivity index (χ1) is 8.26. The highest BCUT2D eigenvalue weighted by atomic mass is 35.5. The molecule has 0 aromatic heterocycles. The molecule has 1 atom stereocenters. The lowest BCUT2D eigenvalue weighted by molar-refractivity contribution is 0.724. The molecule has 1 aromatic rings. The van der Waals surface area contributed by atoms with E-state index in [0.29, 0.717) is 6.54 Å². The van der Waals surface area contributed by atoms with E-state index in [4.69, 9.17) is 17.3 Å². The number of nitrogens with zero attached hydrogens (tertiary/aromatic N) is 1. The zero-order valence-corrected chi connectivity index (χ0v) is 11.7. The van der Waals surface area contributed by atoms with E-state index < -0.39 is 0 Å². The maximum atomic E-state index is 6.21. The third-order valence-electron chi connectivity index (χ3n) is 3.23. The molecule has 1 fully saturated rings. The lowest BCUT2D eigenvalue weighted by atomic mass is 10.1. The van der Waals surface area contributed by atoms with E-state index >= 15 is 0 Å². The molecule has 0 amide bonds. The van der Waals surface area contributed by atoms with Crippen LogP contribution in [0.2, 0.25) is 5.02 Å². The normalized spacial score (nSPS) is 20.6. The highest BCUT2D eigenvalue weighted by molar-refractivity contribution is 8.00. The van der Waals surface area contributed by atoms with E-state index in [1.807, 2.05) is 12.1 Å². The van der Waals surface area contributed by atoms with Crippen LogP contribution in [0.15, 0.2) is 18.2 Å². The van der Waals surface area contributed by atoms with E-state index in [1.165, 1.54) is 17.9 Å². The molecule has 1 aliphatic heterocycles. The summed E-state index contributed by atoms with van der Waals surface area (Å²) in [4.78, 5) is 2.43. The zero-order chi connectivity index (χ0) is 12.3. The van der Waals surface area contributed by atoms with E-state index in [2.05, 4.69) is 29.7 Å². The van der Waals surface area contributed by atoms with Gasteiger partial charge in [-0.1, -0.05) is 24.6 Å². The van der Waals surface area contributed by atoms with Crippen LogP contribution in [0.5, 0.6) is 0 Å². The lowest BCUT2D eigenvalue weighted by Gasteiger charge is -2.35. The summed E-state index contributed by atoms with van der Waals surface area (Å²) < 4.78 is 0. The standard InChI is InChI=1S/C13H19ClN2S/c1-2-10-9-16(6-7-17-10)13-5-3-4-12(14)11(13)8-15/h3-5,10H,2,6-9,15H2,1H3. The summed E-state index contributed by atoms with van der Waals surface area (Å²) in [5.74, 6) is 1.19. The fraction of sp³-hybridized carbons (Fsp3) is 0.538. The summed E-state index contributed by atoms with van der Waals surface area (Å²) in [7, 11) is 0. The summed E-state index contributed by atoms with van der Waals surface area (Å²) in [6.07, 6.45) is 1.22. The highest BCUT2D eigenvalue weighted by Gasteiger charge is 2.21. The molecule has 4 heteroatoms. The molecule has 0 spiro atoms. The van der Waals surface area contributed by atoms with Gasteiger partial charge in [0.15, 0.2) is 0 Å². The van der Waals surface area contributed by atoms with Crippen LogP contribution in [0.4, 0.5) is 5.69 Å². The molecule has 1 saturated heterocycles. The molecular formula is C13H19ClN2S. The van der Waals surface area contributed by atoms with Crippen molar-refractivity contribution in [1.82, 2.24) is 0 Å². The number of anilines is 1. The summed E-state index contributed by atoms with van der Waals surface area (Å²) in [6.45, 7) is 4.96. The van der Waals surface area contributed by atoms with Gasteiger partial charge < -0.3 is 10.6 Å². The van der Waals surface area contributed by atoms with Crippen molar-refractivity contribution in [3.8, 4) is 0 Å². The average Bonchev–Trinajstić information content (AvgIpc) is 2.38. The van der Waals surface area contributed by atoms with Crippen LogP contribution in [0.1, 0.15) is 18.9 Å². The van der Waals surface area contributed by atoms with Crippen LogP contribution in [0, 0.1) is 0 Å². The topological polar surface area (TPSA) is 29.3 Å². The van der Waals surface area contributed by atoms with Crippen molar-refractivity contribution < 1.29 is 0 Å². The molecule has 2 rings (SSSR count). The Labute approximate surface area is 113 Å². The van der Waals surface area contributed by atoms with Crippen molar-refractivity contribution in [2.75, 3.05) is 23.7 Å². The number of nitrogens with two attached hydrogens (primary N) is 1. The molecular weight excluding hydrogens is 252 g/mol. The summed E-state index contributed by atoms with van der Waals surface area (Å²) in [5.41, 5.74) is 8.11. The van der Waals surface area contributed by atoms with Crippen LogP contribution in [-0.4, -0.2) is 24.1 Å². The molecule has 1 unspecified atom stereocenters. The van der Waals surface area contributed by atoms with Gasteiger partial charge >= 0.3 is 0 Å². The predicted octanol–water partition coefficient (Wildman–Crippen LogP) is 3.13. The number of hydrogen-bond acceptors (Lipinski definition) is 3. The Bertz CT molecular complexity index is 384. The van der Waals surface area contributed by atoms with Gasteiger partial charge in [-0.25, -0.2) is 0 Å². The van der Waals surface area contributed by atoms with Gasteiger partial charge in [0.1, 0.15) is 0 Å². The third-order valence-corrected chi connectivity index (χ3v) is 4.96. The van der Waals surface area contributed by atoms with Gasteiger partial charge in [-0.15, -0.1) is 0 Å². The largest absolute Gasteiger partial charge is 0.369 e. The van der Waals surface area contributed by atoms with Crippen molar-refractivity contribution >= 4 is 29.1 Å². The summed E-state index contributed by atoms with van der Waals surface area (Å²) in [6, 6.07) is 6.07. The van der Waals surface area contributed by atoms with E-state index in [1.54, 1.807) is 0 Å². The fourth-order valence-corrected chi connectivity index (χ4v) is 3.66. The minimum Gasteiger partial charge on any atom is -0.369 e. The Kier molecular flexibility index (Phi) is 4.60. The molecule has 0 radical (unpaired) electrons. The van der Waals surface area contributed by atoms with Gasteiger partial charge in [0.2, 0.25) is 0 Å². The quantitative estimate of drug-likeness (QED) is 0.915. The maximum Gasteiger partial charge on any atom is 0.0471 e. The van der Waals surface area contributed by atoms with Crippen LogP contribution >= 0.6 is 23.4 Å². The molecule has 2 nitrogen and oxygen atoms in total. The molecule has 0 saturated carbocycles. The van der Waals surface area contributed by atoms with Crippen LogP contribution in [-0.2, 0) is 6.54 Å². The molecule has 1 heterocycles. The molecule has 0 aliphatic carbocycles. The number of thioether (sulfide) groups is 1. The van der Waals surface area contributed by atoms with Gasteiger partial charge in [0.25, 0.3) is 0 Å². The summed E-state index contributed by atoms with van der Waals surface area (Å²) >= 11 is 8.28. The first kappa shape index (κ1) is 13.1. The second-order valence-corrected chi connectivity index (χ2v) is 6.10. The first-order valence-electron chi connectivity index (χ1n) is 6.10. The van der Waals surface area contributed by atoms with Gasteiger partial charge in [0, 0.05) is 46.9 Å². The van der Waals surface area contributed by atoms with Crippen molar-refractivity contribution in [3.63, 3.8) is 0 Å². The van der Waals surface area contributed by atoms with Crippen molar-refractivity contribution in [2.24, 2.45) is 5.73 Å². The number of halogens is 1. The van der Waals surface area contributed by atoms with Crippen molar-refractivity contribution in [1.29, 1.82) is 0 Å². The van der Waals surface area contributed by atoms with Crippen LogP contribution < -0.4 is 10.6 Å². The maximum absolute atomic E-state index is 6.21. The monoisotopic (exact) mass is 270 g/mol. The van der Waals surface area contributed by atoms with E-state index in [0.717, 1.165) is 28.9 Å². The Morgan fingerprint density at radius 2 is 2.35 bits per heavy atom. The van der Waals surface area contributed by atoms with Crippen LogP contribution in [0.3, 0.4) is 0 Å². The Morgan fingerprint density at radius 3 is 3.06 bits per heavy atom. The molecule has 1 aromatic carbocycles. The Hall–Kier alpha value is -0.380. The van der Waals surface area contributed by atoms with E-state index in [-0.39, 0.29) is 0 Å². The van der Waals surface area contributed by atoms with Crippen molar-refractivity contribution in [2.45, 2.75) is 25.1 Å². The van der Waals surface area contributed by atoms with Gasteiger partial charge in [-0.2, -0.15) is 11.8 Å². The highest BCUT2D eigenvalue weighted by Crippen LogP contribution is 2.31. The second-order valence-electron chi connectivity index (χ2n) is 4.29. The minimum atomic E-state index is 0.509. The number of benzene rings is 1. The third kappa shape index (κ3) is 2.90. The fourth-order valence-electron chi connectivity index (χ4n) is 2.23. The van der Waals surface area contributed by atoms with Gasteiger partial charge in [-0.05, 0) is 18.6 Å². The number of hydrogen-bond donors (Lipinski definition) is 1. The molecule has 2 N–H and O–H groups in total. The summed E-state index contributed by atoms with van der Waals surface area (Å²) in [5, 5.41) is 1.52. The molecule has 0 bridgehead atoms. The lowest BCUT2D eigenvalue weighted by Crippen LogP contribution is -2.38. The average molecular weight is 271 g/mol. The predicted molar refractivity (Wildman–Crippen MR) is 78.1 cm³/mol. The van der Waals surface area contributed by atoms with Gasteiger partial charge in [-0.3, -0.25) is 0 Å². The number of rotatable bonds is 3. The Morgan fingerprint density at radius 1 is 1.53 bits per heavy atom. The minimum absolute atomic E-state index is 0.509. The Balaban J connectivity index is 2.24. The molecule has 94 valence electrons. The van der Waals surface area contributed by atoms with Gasteiger partial charge in [0.05, 0.1) is 0 Å².